The average Bonchev–Trinajstić information content (AvgIpc) is 2.83. The van der Waals surface area contributed by atoms with Gasteiger partial charge in [-0.3, -0.25) is 0 Å². The fourth-order valence-electron chi connectivity index (χ4n) is 2.45. The zero-order valence-corrected chi connectivity index (χ0v) is 13.1. The van der Waals surface area contributed by atoms with E-state index in [9.17, 15) is 0 Å². The summed E-state index contributed by atoms with van der Waals surface area (Å²) in [4.78, 5) is 4.69. The van der Waals surface area contributed by atoms with Crippen LogP contribution in [0.4, 0.5) is 5.82 Å². The molecule has 0 aliphatic carbocycles. The van der Waals surface area contributed by atoms with Gasteiger partial charge in [0.15, 0.2) is 11.5 Å². The van der Waals surface area contributed by atoms with E-state index in [0.717, 1.165) is 36.5 Å². The van der Waals surface area contributed by atoms with E-state index in [1.54, 1.807) is 14.2 Å². The van der Waals surface area contributed by atoms with Crippen molar-refractivity contribution in [1.29, 1.82) is 0 Å². The molecule has 5 nitrogen and oxygen atoms in total. The largest absolute Gasteiger partial charge is 0.493 e. The number of nitrogens with two attached hydrogens (primary N) is 1. The highest BCUT2D eigenvalue weighted by molar-refractivity contribution is 5.73. The molecule has 2 N–H and O–H groups in total. The number of rotatable bonds is 6. The Balaban J connectivity index is 2.51. The molecule has 0 fully saturated rings. The van der Waals surface area contributed by atoms with Crippen molar-refractivity contribution in [1.82, 2.24) is 9.55 Å². The van der Waals surface area contributed by atoms with Crippen LogP contribution in [0.1, 0.15) is 26.1 Å². The van der Waals surface area contributed by atoms with Crippen molar-refractivity contribution in [3.05, 3.63) is 24.0 Å². The summed E-state index contributed by atoms with van der Waals surface area (Å²) in [5, 5.41) is 0. The maximum Gasteiger partial charge on any atom is 0.161 e. The summed E-state index contributed by atoms with van der Waals surface area (Å²) < 4.78 is 12.7. The van der Waals surface area contributed by atoms with Gasteiger partial charge in [-0.15, -0.1) is 0 Å². The first kappa shape index (κ1) is 15.2. The number of hydrogen-bond donors (Lipinski definition) is 1. The number of nitrogens with zero attached hydrogens (tertiary/aromatic N) is 2. The maximum absolute atomic E-state index is 6.29. The lowest BCUT2D eigenvalue weighted by atomic mass is 10.1. The number of aromatic nitrogens is 2. The SMILES string of the molecule is CCCn1c(CC)nc(-c2ccc(OC)c(OC)c2)c1N. The van der Waals surface area contributed by atoms with Crippen LogP contribution in [0.3, 0.4) is 0 Å². The molecule has 0 saturated heterocycles. The number of benzene rings is 1. The fraction of sp³-hybridized carbons (Fsp3) is 0.438. The minimum absolute atomic E-state index is 0.678. The number of hydrogen-bond acceptors (Lipinski definition) is 4. The molecule has 0 unspecified atom stereocenters. The lowest BCUT2D eigenvalue weighted by Crippen LogP contribution is -2.06. The molecule has 2 aromatic rings. The van der Waals surface area contributed by atoms with Crippen molar-refractivity contribution < 1.29 is 9.47 Å². The molecule has 114 valence electrons. The molecule has 0 aliphatic heterocycles. The van der Waals surface area contributed by atoms with Crippen molar-refractivity contribution in [2.24, 2.45) is 0 Å². The summed E-state index contributed by atoms with van der Waals surface area (Å²) in [5.74, 6) is 3.10. The molecular weight excluding hydrogens is 266 g/mol. The van der Waals surface area contributed by atoms with E-state index in [4.69, 9.17) is 15.2 Å². The molecule has 0 aliphatic rings. The van der Waals surface area contributed by atoms with Crippen LogP contribution < -0.4 is 15.2 Å². The van der Waals surface area contributed by atoms with E-state index < -0.39 is 0 Å². The Hall–Kier alpha value is -2.17. The number of anilines is 1. The molecule has 0 amide bonds. The minimum atomic E-state index is 0.678. The monoisotopic (exact) mass is 289 g/mol. The summed E-state index contributed by atoms with van der Waals surface area (Å²) in [6, 6.07) is 5.74. The highest BCUT2D eigenvalue weighted by atomic mass is 16.5. The van der Waals surface area contributed by atoms with Gasteiger partial charge in [-0.2, -0.15) is 0 Å². The smallest absolute Gasteiger partial charge is 0.161 e. The summed E-state index contributed by atoms with van der Waals surface area (Å²) in [5.41, 5.74) is 8.03. The highest BCUT2D eigenvalue weighted by Gasteiger charge is 2.16. The Bertz CT molecular complexity index is 620. The van der Waals surface area contributed by atoms with Crippen LogP contribution in [0.25, 0.3) is 11.3 Å². The van der Waals surface area contributed by atoms with E-state index >= 15 is 0 Å². The fourth-order valence-corrected chi connectivity index (χ4v) is 2.45. The van der Waals surface area contributed by atoms with Crippen molar-refractivity contribution >= 4 is 5.82 Å². The molecule has 2 rings (SSSR count). The summed E-state index contributed by atoms with van der Waals surface area (Å²) >= 11 is 0. The molecule has 21 heavy (non-hydrogen) atoms. The summed E-state index contributed by atoms with van der Waals surface area (Å²) in [7, 11) is 3.25. The van der Waals surface area contributed by atoms with E-state index in [2.05, 4.69) is 23.4 Å². The molecule has 1 heterocycles. The zero-order valence-electron chi connectivity index (χ0n) is 13.1. The van der Waals surface area contributed by atoms with Gasteiger partial charge in [0.2, 0.25) is 0 Å². The Labute approximate surface area is 125 Å². The van der Waals surface area contributed by atoms with Crippen molar-refractivity contribution in [3.8, 4) is 22.8 Å². The normalized spacial score (nSPS) is 10.7. The summed E-state index contributed by atoms with van der Waals surface area (Å²) in [6.45, 7) is 5.11. The molecule has 0 saturated carbocycles. The standard InChI is InChI=1S/C16H23N3O2/c1-5-9-19-14(6-2)18-15(16(19)17)11-7-8-12(20-3)13(10-11)21-4/h7-8,10H,5-6,9,17H2,1-4H3. The second-order valence-electron chi connectivity index (χ2n) is 4.84. The average molecular weight is 289 g/mol. The first-order valence-electron chi connectivity index (χ1n) is 7.23. The predicted molar refractivity (Wildman–Crippen MR) is 84.8 cm³/mol. The molecular formula is C16H23N3O2. The third-order valence-corrected chi connectivity index (χ3v) is 3.51. The number of nitrogen functional groups attached to an aromatic ring is 1. The molecule has 1 aromatic heterocycles. The van der Waals surface area contributed by atoms with Crippen LogP contribution in [0.15, 0.2) is 18.2 Å². The second-order valence-corrected chi connectivity index (χ2v) is 4.84. The van der Waals surface area contributed by atoms with Crippen LogP contribution in [-0.4, -0.2) is 23.8 Å². The summed E-state index contributed by atoms with van der Waals surface area (Å²) in [6.07, 6.45) is 1.89. The molecule has 0 atom stereocenters. The van der Waals surface area contributed by atoms with Gasteiger partial charge in [-0.1, -0.05) is 13.8 Å². The molecule has 0 spiro atoms. The van der Waals surface area contributed by atoms with Crippen LogP contribution in [0.5, 0.6) is 11.5 Å². The predicted octanol–water partition coefficient (Wildman–Crippen LogP) is 3.12. The van der Waals surface area contributed by atoms with Crippen LogP contribution >= 0.6 is 0 Å². The third kappa shape index (κ3) is 2.82. The molecule has 0 radical (unpaired) electrons. The van der Waals surface area contributed by atoms with Gasteiger partial charge in [0.1, 0.15) is 17.3 Å². The van der Waals surface area contributed by atoms with Gasteiger partial charge < -0.3 is 19.8 Å². The topological polar surface area (TPSA) is 62.3 Å². The van der Waals surface area contributed by atoms with Crippen LogP contribution in [-0.2, 0) is 13.0 Å². The Kier molecular flexibility index (Phi) is 4.73. The number of aryl methyl sites for hydroxylation is 1. The van der Waals surface area contributed by atoms with E-state index in [0.29, 0.717) is 17.3 Å². The Morgan fingerprint density at radius 2 is 1.86 bits per heavy atom. The maximum atomic E-state index is 6.29. The second kappa shape index (κ2) is 6.52. The van der Waals surface area contributed by atoms with Gasteiger partial charge in [0.05, 0.1) is 14.2 Å². The quantitative estimate of drug-likeness (QED) is 0.887. The van der Waals surface area contributed by atoms with Gasteiger partial charge in [0, 0.05) is 18.5 Å². The third-order valence-electron chi connectivity index (χ3n) is 3.51. The molecule has 1 aromatic carbocycles. The Morgan fingerprint density at radius 3 is 2.43 bits per heavy atom. The molecule has 5 heteroatoms. The highest BCUT2D eigenvalue weighted by Crippen LogP contribution is 2.34. The van der Waals surface area contributed by atoms with Gasteiger partial charge in [-0.25, -0.2) is 4.98 Å². The van der Waals surface area contributed by atoms with Crippen molar-refractivity contribution in [2.45, 2.75) is 33.2 Å². The number of imidazole rings is 1. The first-order chi connectivity index (χ1) is 10.2. The minimum Gasteiger partial charge on any atom is -0.493 e. The lowest BCUT2D eigenvalue weighted by Gasteiger charge is -2.09. The van der Waals surface area contributed by atoms with Crippen LogP contribution in [0.2, 0.25) is 0 Å². The van der Waals surface area contributed by atoms with E-state index in [1.807, 2.05) is 18.2 Å². The van der Waals surface area contributed by atoms with E-state index in [-0.39, 0.29) is 0 Å². The molecule has 0 bridgehead atoms. The first-order valence-corrected chi connectivity index (χ1v) is 7.23. The van der Waals surface area contributed by atoms with Crippen molar-refractivity contribution in [2.75, 3.05) is 20.0 Å². The van der Waals surface area contributed by atoms with Gasteiger partial charge in [0.25, 0.3) is 0 Å². The van der Waals surface area contributed by atoms with E-state index in [1.165, 1.54) is 0 Å². The van der Waals surface area contributed by atoms with Gasteiger partial charge in [-0.05, 0) is 24.6 Å². The number of methoxy groups -OCH3 is 2. The van der Waals surface area contributed by atoms with Crippen LogP contribution in [0, 0.1) is 0 Å². The Morgan fingerprint density at radius 1 is 1.14 bits per heavy atom. The van der Waals surface area contributed by atoms with Crippen molar-refractivity contribution in [3.63, 3.8) is 0 Å². The number of ether oxygens (including phenoxy) is 2. The lowest BCUT2D eigenvalue weighted by molar-refractivity contribution is 0.355. The zero-order chi connectivity index (χ0) is 15.4. The van der Waals surface area contributed by atoms with Gasteiger partial charge >= 0.3 is 0 Å².